The highest BCUT2D eigenvalue weighted by molar-refractivity contribution is 6.28. The summed E-state index contributed by atoms with van der Waals surface area (Å²) in [7, 11) is 0. The summed E-state index contributed by atoms with van der Waals surface area (Å²) in [5, 5.41) is 6.03. The number of pyridine rings is 1. The van der Waals surface area contributed by atoms with E-state index in [0.717, 1.165) is 22.3 Å². The summed E-state index contributed by atoms with van der Waals surface area (Å²) in [5.41, 5.74) is 5.51. The first-order chi connectivity index (χ1) is 16.7. The van der Waals surface area contributed by atoms with E-state index in [1.807, 2.05) is 27.7 Å². The monoisotopic (exact) mass is 499 g/mol. The van der Waals surface area contributed by atoms with Crippen LogP contribution < -0.4 is 10.6 Å². The van der Waals surface area contributed by atoms with Crippen LogP contribution in [0.4, 0.5) is 16.0 Å². The fourth-order valence-corrected chi connectivity index (χ4v) is 4.88. The molecule has 0 radical (unpaired) electrons. The van der Waals surface area contributed by atoms with Gasteiger partial charge in [-0.1, -0.05) is 26.3 Å². The molecule has 0 aromatic carbocycles. The Balaban J connectivity index is 1.84. The molecule has 2 aromatic heterocycles. The molecule has 0 saturated carbocycles. The number of carbonyl (C=O) groups is 1. The van der Waals surface area contributed by atoms with E-state index in [2.05, 4.69) is 32.5 Å². The quantitative estimate of drug-likeness (QED) is 0.497. The van der Waals surface area contributed by atoms with Crippen LogP contribution in [0.5, 0.6) is 0 Å². The van der Waals surface area contributed by atoms with E-state index in [-0.39, 0.29) is 35.5 Å². The molecule has 0 saturated heterocycles. The van der Waals surface area contributed by atoms with Gasteiger partial charge >= 0.3 is 0 Å². The molecule has 1 aliphatic carbocycles. The Morgan fingerprint density at radius 2 is 2.03 bits per heavy atom. The largest absolute Gasteiger partial charge is 0.377 e. The third-order valence-corrected chi connectivity index (χ3v) is 6.86. The smallest absolute Gasteiger partial charge is 0.251 e. The first-order valence-electron chi connectivity index (χ1n) is 12.0. The average Bonchev–Trinajstić information content (AvgIpc) is 2.82. The van der Waals surface area contributed by atoms with E-state index in [0.29, 0.717) is 48.5 Å². The molecule has 9 heteroatoms. The number of ether oxygens (including phenoxy) is 1. The van der Waals surface area contributed by atoms with E-state index < -0.39 is 5.82 Å². The number of halogens is 2. The minimum atomic E-state index is -0.469. The zero-order chi connectivity index (χ0) is 25.3. The molecule has 0 fully saturated rings. The molecule has 1 unspecified atom stereocenters. The van der Waals surface area contributed by atoms with Crippen LogP contribution in [0.1, 0.15) is 57.7 Å². The minimum absolute atomic E-state index is 0.00106. The van der Waals surface area contributed by atoms with Crippen molar-refractivity contribution in [2.24, 2.45) is 11.8 Å². The molecular formula is C26H31ClFN5O2. The molecule has 2 aliphatic rings. The first kappa shape index (κ1) is 25.3. The van der Waals surface area contributed by atoms with Gasteiger partial charge in [0.1, 0.15) is 5.82 Å². The lowest BCUT2D eigenvalue weighted by molar-refractivity contribution is -0.117. The fourth-order valence-electron chi connectivity index (χ4n) is 4.74. The van der Waals surface area contributed by atoms with E-state index >= 15 is 4.39 Å². The summed E-state index contributed by atoms with van der Waals surface area (Å²) in [4.78, 5) is 25.5. The Morgan fingerprint density at radius 3 is 2.74 bits per heavy atom. The van der Waals surface area contributed by atoms with Crippen LogP contribution >= 0.6 is 11.6 Å². The molecule has 2 N–H and O–H groups in total. The lowest BCUT2D eigenvalue weighted by Crippen LogP contribution is -2.37. The van der Waals surface area contributed by atoms with Gasteiger partial charge in [0.25, 0.3) is 5.91 Å². The highest BCUT2D eigenvalue weighted by atomic mass is 35.5. The van der Waals surface area contributed by atoms with Crippen molar-refractivity contribution in [3.8, 4) is 0 Å². The lowest BCUT2D eigenvalue weighted by Gasteiger charge is -2.32. The Morgan fingerprint density at radius 1 is 1.26 bits per heavy atom. The SMILES string of the molecule is CCOCc1cnc(Cl)nc1Nc1ncc2c(c1F)C(C(C)C)=C(C1=C(C)C(C)CNC1=O)CC2. The number of rotatable bonds is 7. The summed E-state index contributed by atoms with van der Waals surface area (Å²) >= 11 is 6.01. The maximum atomic E-state index is 16.2. The van der Waals surface area contributed by atoms with Crippen molar-refractivity contribution in [3.05, 3.63) is 56.9 Å². The molecule has 0 spiro atoms. The van der Waals surface area contributed by atoms with E-state index in [1.54, 1.807) is 12.4 Å². The van der Waals surface area contributed by atoms with Crippen LogP contribution in [0.2, 0.25) is 5.28 Å². The number of nitrogens with zero attached hydrogens (tertiary/aromatic N) is 3. The third kappa shape index (κ3) is 4.95. The number of amides is 1. The number of hydrogen-bond acceptors (Lipinski definition) is 6. The zero-order valence-corrected chi connectivity index (χ0v) is 21.5. The van der Waals surface area contributed by atoms with Crippen molar-refractivity contribution in [2.45, 2.75) is 54.1 Å². The van der Waals surface area contributed by atoms with Gasteiger partial charge in [0.05, 0.1) is 6.61 Å². The lowest BCUT2D eigenvalue weighted by atomic mass is 9.75. The molecular weight excluding hydrogens is 469 g/mol. The highest BCUT2D eigenvalue weighted by Crippen LogP contribution is 2.43. The standard InChI is InChI=1S/C26H31ClFN5O2/c1-6-35-12-17-11-31-26(27)33-23(17)32-24-22(28)21-16(10-29-24)7-8-18(19(21)13(2)3)20-15(5)14(4)9-30-25(20)34/h10-11,13-14H,6-9,12H2,1-5H3,(H,30,34)(H,29,31,32,33). The predicted octanol–water partition coefficient (Wildman–Crippen LogP) is 5.38. The molecule has 186 valence electrons. The van der Waals surface area contributed by atoms with Gasteiger partial charge in [-0.3, -0.25) is 4.79 Å². The van der Waals surface area contributed by atoms with Gasteiger partial charge in [-0.05, 0) is 66.8 Å². The fraction of sp³-hybridized carbons (Fsp3) is 0.462. The molecule has 2 aromatic rings. The molecule has 4 rings (SSSR count). The molecule has 7 nitrogen and oxygen atoms in total. The molecule has 1 aliphatic heterocycles. The number of hydrogen-bond donors (Lipinski definition) is 2. The summed E-state index contributed by atoms with van der Waals surface area (Å²) in [5.74, 6) is 0.0685. The van der Waals surface area contributed by atoms with E-state index in [1.165, 1.54) is 0 Å². The number of fused-ring (bicyclic) bond motifs is 1. The van der Waals surface area contributed by atoms with Gasteiger partial charge < -0.3 is 15.4 Å². The molecule has 3 heterocycles. The Hall–Kier alpha value is -2.84. The van der Waals surface area contributed by atoms with Crippen molar-refractivity contribution in [2.75, 3.05) is 18.5 Å². The third-order valence-electron chi connectivity index (χ3n) is 6.68. The Labute approximate surface area is 210 Å². The minimum Gasteiger partial charge on any atom is -0.377 e. The van der Waals surface area contributed by atoms with Crippen molar-refractivity contribution < 1.29 is 13.9 Å². The second-order valence-corrected chi connectivity index (χ2v) is 9.65. The zero-order valence-electron chi connectivity index (χ0n) is 20.8. The Kier molecular flexibility index (Phi) is 7.52. The van der Waals surface area contributed by atoms with Gasteiger partial charge in [-0.2, -0.15) is 0 Å². The van der Waals surface area contributed by atoms with E-state index in [9.17, 15) is 4.79 Å². The number of aryl methyl sites for hydroxylation is 1. The molecule has 1 atom stereocenters. The van der Waals surface area contributed by atoms with E-state index in [4.69, 9.17) is 16.3 Å². The maximum absolute atomic E-state index is 16.2. The van der Waals surface area contributed by atoms with Crippen molar-refractivity contribution in [1.82, 2.24) is 20.3 Å². The van der Waals surface area contributed by atoms with Gasteiger partial charge in [0.2, 0.25) is 5.28 Å². The summed E-state index contributed by atoms with van der Waals surface area (Å²) in [6.07, 6.45) is 4.54. The van der Waals surface area contributed by atoms with Crippen molar-refractivity contribution in [3.63, 3.8) is 0 Å². The van der Waals surface area contributed by atoms with Crippen LogP contribution in [0.25, 0.3) is 5.57 Å². The normalized spacial score (nSPS) is 18.2. The van der Waals surface area contributed by atoms with Gasteiger partial charge in [-0.15, -0.1) is 0 Å². The topological polar surface area (TPSA) is 89.0 Å². The number of carbonyl (C=O) groups excluding carboxylic acids is 1. The van der Waals surface area contributed by atoms with Crippen LogP contribution in [-0.4, -0.2) is 34.0 Å². The van der Waals surface area contributed by atoms with Crippen LogP contribution in [-0.2, 0) is 22.6 Å². The summed E-state index contributed by atoms with van der Waals surface area (Å²) < 4.78 is 21.7. The van der Waals surface area contributed by atoms with Crippen LogP contribution in [0.15, 0.2) is 29.1 Å². The van der Waals surface area contributed by atoms with Gasteiger partial charge in [0, 0.05) is 42.2 Å². The average molecular weight is 500 g/mol. The Bertz CT molecular complexity index is 1220. The van der Waals surface area contributed by atoms with Crippen molar-refractivity contribution >= 4 is 34.7 Å². The molecule has 35 heavy (non-hydrogen) atoms. The number of nitrogens with one attached hydrogen (secondary N) is 2. The van der Waals surface area contributed by atoms with Gasteiger partial charge in [0.15, 0.2) is 11.6 Å². The second-order valence-electron chi connectivity index (χ2n) is 9.31. The second kappa shape index (κ2) is 10.4. The summed E-state index contributed by atoms with van der Waals surface area (Å²) in [6.45, 7) is 11.4. The highest BCUT2D eigenvalue weighted by Gasteiger charge is 2.33. The van der Waals surface area contributed by atoms with Crippen LogP contribution in [0.3, 0.4) is 0 Å². The predicted molar refractivity (Wildman–Crippen MR) is 135 cm³/mol. The molecule has 0 bridgehead atoms. The number of allylic oxidation sites excluding steroid dienone is 1. The van der Waals surface area contributed by atoms with Crippen molar-refractivity contribution in [1.29, 1.82) is 0 Å². The summed E-state index contributed by atoms with van der Waals surface area (Å²) in [6, 6.07) is 0. The van der Waals surface area contributed by atoms with Crippen LogP contribution in [0, 0.1) is 17.7 Å². The number of anilines is 2. The first-order valence-corrected chi connectivity index (χ1v) is 12.4. The maximum Gasteiger partial charge on any atom is 0.251 e. The van der Waals surface area contributed by atoms with Gasteiger partial charge in [-0.25, -0.2) is 19.3 Å². The molecule has 1 amide bonds. The number of aromatic nitrogens is 3.